The highest BCUT2D eigenvalue weighted by atomic mass is 79.9. The topological polar surface area (TPSA) is 41.1 Å². The van der Waals surface area contributed by atoms with Crippen LogP contribution in [0.15, 0.2) is 34.8 Å². The van der Waals surface area contributed by atoms with Crippen LogP contribution in [0.1, 0.15) is 45.8 Å². The van der Waals surface area contributed by atoms with E-state index in [2.05, 4.69) is 26.6 Å². The van der Waals surface area contributed by atoms with E-state index in [0.717, 1.165) is 37.6 Å². The van der Waals surface area contributed by atoms with Gasteiger partial charge in [0, 0.05) is 22.6 Å². The number of rotatable bonds is 3. The standard InChI is InChI=1S/C21H22BrF3N2O/c1-12-4-3-5-14(10-12)18-16(21(23,24)25)11-15(20(28)26-2)17(19(18)22)13-6-8-27-9-7-13/h3-5,10-11,13,27H,6-9H2,1-2H3,(H,26,28). The summed E-state index contributed by atoms with van der Waals surface area (Å²) in [6.07, 6.45) is -3.06. The molecule has 1 fully saturated rings. The van der Waals surface area contributed by atoms with Crippen LogP contribution >= 0.6 is 15.9 Å². The molecule has 2 aromatic carbocycles. The largest absolute Gasteiger partial charge is 0.417 e. The number of carbonyl (C=O) groups excluding carboxylic acids is 1. The van der Waals surface area contributed by atoms with Gasteiger partial charge in [-0.05, 0) is 71.9 Å². The number of amides is 1. The molecule has 150 valence electrons. The Morgan fingerprint density at radius 3 is 2.46 bits per heavy atom. The SMILES string of the molecule is CNC(=O)c1cc(C(F)(F)F)c(-c2cccc(C)c2)c(Br)c1C1CCNCC1. The van der Waals surface area contributed by atoms with E-state index in [1.54, 1.807) is 18.2 Å². The zero-order valence-electron chi connectivity index (χ0n) is 15.7. The molecular formula is C21H22BrF3N2O. The van der Waals surface area contributed by atoms with Crippen molar-refractivity contribution in [1.29, 1.82) is 0 Å². The maximum Gasteiger partial charge on any atom is 0.417 e. The Labute approximate surface area is 170 Å². The number of halogens is 4. The van der Waals surface area contributed by atoms with Gasteiger partial charge in [0.05, 0.1) is 5.56 Å². The molecule has 0 atom stereocenters. The number of aryl methyl sites for hydroxylation is 1. The molecule has 0 spiro atoms. The Hall–Kier alpha value is -1.86. The van der Waals surface area contributed by atoms with Crippen LogP contribution in [0.5, 0.6) is 0 Å². The molecule has 0 bridgehead atoms. The number of hydrogen-bond acceptors (Lipinski definition) is 2. The minimum atomic E-state index is -4.59. The van der Waals surface area contributed by atoms with Gasteiger partial charge in [0.15, 0.2) is 0 Å². The lowest BCUT2D eigenvalue weighted by atomic mass is 9.83. The molecule has 1 heterocycles. The summed E-state index contributed by atoms with van der Waals surface area (Å²) in [7, 11) is 1.43. The minimum absolute atomic E-state index is 0.00812. The molecule has 2 N–H and O–H groups in total. The van der Waals surface area contributed by atoms with E-state index >= 15 is 0 Å². The number of alkyl halides is 3. The third-order valence-corrected chi connectivity index (χ3v) is 5.96. The summed E-state index contributed by atoms with van der Waals surface area (Å²) in [5.41, 5.74) is 1.39. The van der Waals surface area contributed by atoms with Crippen LogP contribution in [0.25, 0.3) is 11.1 Å². The Morgan fingerprint density at radius 1 is 1.21 bits per heavy atom. The monoisotopic (exact) mass is 454 g/mol. The van der Waals surface area contributed by atoms with E-state index in [-0.39, 0.29) is 17.0 Å². The van der Waals surface area contributed by atoms with Gasteiger partial charge < -0.3 is 10.6 Å². The number of hydrogen-bond donors (Lipinski definition) is 2. The first-order chi connectivity index (χ1) is 13.2. The zero-order chi connectivity index (χ0) is 20.5. The predicted octanol–water partition coefficient (Wildman–Crippen LogP) is 5.27. The summed E-state index contributed by atoms with van der Waals surface area (Å²) in [6.45, 7) is 3.38. The van der Waals surface area contributed by atoms with Gasteiger partial charge in [-0.25, -0.2) is 0 Å². The van der Waals surface area contributed by atoms with Crippen molar-refractivity contribution in [3.63, 3.8) is 0 Å². The van der Waals surface area contributed by atoms with Crippen molar-refractivity contribution >= 4 is 21.8 Å². The van der Waals surface area contributed by atoms with Crippen molar-refractivity contribution in [3.8, 4) is 11.1 Å². The predicted molar refractivity (Wildman–Crippen MR) is 108 cm³/mol. The zero-order valence-corrected chi connectivity index (χ0v) is 17.3. The normalized spacial score (nSPS) is 15.5. The summed E-state index contributed by atoms with van der Waals surface area (Å²) < 4.78 is 42.3. The number of nitrogens with one attached hydrogen (secondary N) is 2. The lowest BCUT2D eigenvalue weighted by Crippen LogP contribution is -2.29. The summed E-state index contributed by atoms with van der Waals surface area (Å²) >= 11 is 3.47. The van der Waals surface area contributed by atoms with Crippen molar-refractivity contribution in [2.24, 2.45) is 0 Å². The van der Waals surface area contributed by atoms with Crippen LogP contribution in [0.3, 0.4) is 0 Å². The molecule has 0 aliphatic carbocycles. The Bertz CT molecular complexity index is 890. The lowest BCUT2D eigenvalue weighted by molar-refractivity contribution is -0.137. The Balaban J connectivity index is 2.35. The molecule has 0 radical (unpaired) electrons. The quantitative estimate of drug-likeness (QED) is 0.662. The molecule has 3 rings (SSSR count). The summed E-state index contributed by atoms with van der Waals surface area (Å²) in [5, 5.41) is 5.75. The number of benzene rings is 2. The van der Waals surface area contributed by atoms with Crippen LogP contribution < -0.4 is 10.6 Å². The van der Waals surface area contributed by atoms with Crippen LogP contribution in [0.2, 0.25) is 0 Å². The van der Waals surface area contributed by atoms with Gasteiger partial charge in [-0.1, -0.05) is 29.8 Å². The second-order valence-corrected chi connectivity index (χ2v) is 7.84. The molecule has 1 amide bonds. The fraction of sp³-hybridized carbons (Fsp3) is 0.381. The third-order valence-electron chi connectivity index (χ3n) is 5.14. The third kappa shape index (κ3) is 4.10. The maximum atomic E-state index is 14.0. The molecule has 0 saturated carbocycles. The second kappa shape index (κ2) is 8.25. The average Bonchev–Trinajstić information content (AvgIpc) is 2.66. The van der Waals surface area contributed by atoms with E-state index in [0.29, 0.717) is 15.6 Å². The van der Waals surface area contributed by atoms with Crippen LogP contribution in [-0.4, -0.2) is 26.0 Å². The Kier molecular flexibility index (Phi) is 6.15. The molecule has 7 heteroatoms. The molecule has 0 aromatic heterocycles. The van der Waals surface area contributed by atoms with Crippen LogP contribution in [-0.2, 0) is 6.18 Å². The summed E-state index contributed by atoms with van der Waals surface area (Å²) in [4.78, 5) is 12.5. The van der Waals surface area contributed by atoms with Crippen LogP contribution in [0, 0.1) is 6.92 Å². The van der Waals surface area contributed by atoms with E-state index in [9.17, 15) is 18.0 Å². The lowest BCUT2D eigenvalue weighted by Gasteiger charge is -2.28. The van der Waals surface area contributed by atoms with Crippen molar-refractivity contribution in [2.45, 2.75) is 31.9 Å². The van der Waals surface area contributed by atoms with Gasteiger partial charge in [0.25, 0.3) is 5.91 Å². The summed E-state index contributed by atoms with van der Waals surface area (Å²) in [6, 6.07) is 8.01. The first-order valence-electron chi connectivity index (χ1n) is 9.17. The van der Waals surface area contributed by atoms with Gasteiger partial charge in [0.1, 0.15) is 0 Å². The van der Waals surface area contributed by atoms with E-state index in [4.69, 9.17) is 0 Å². The van der Waals surface area contributed by atoms with Crippen LogP contribution in [0.4, 0.5) is 13.2 Å². The first-order valence-corrected chi connectivity index (χ1v) is 9.96. The van der Waals surface area contributed by atoms with Crippen molar-refractivity contribution < 1.29 is 18.0 Å². The molecule has 28 heavy (non-hydrogen) atoms. The molecule has 3 nitrogen and oxygen atoms in total. The Morgan fingerprint density at radius 2 is 1.89 bits per heavy atom. The van der Waals surface area contributed by atoms with Crippen molar-refractivity contribution in [2.75, 3.05) is 20.1 Å². The fourth-order valence-electron chi connectivity index (χ4n) is 3.80. The second-order valence-electron chi connectivity index (χ2n) is 7.04. The highest BCUT2D eigenvalue weighted by Crippen LogP contribution is 2.47. The summed E-state index contributed by atoms with van der Waals surface area (Å²) in [5.74, 6) is -0.496. The highest BCUT2D eigenvalue weighted by molar-refractivity contribution is 9.10. The average molecular weight is 455 g/mol. The van der Waals surface area contributed by atoms with Gasteiger partial charge in [-0.15, -0.1) is 0 Å². The van der Waals surface area contributed by atoms with Gasteiger partial charge >= 0.3 is 6.18 Å². The number of piperidine rings is 1. The maximum absolute atomic E-state index is 14.0. The molecule has 0 unspecified atom stereocenters. The first kappa shape index (κ1) is 20.9. The fourth-order valence-corrected chi connectivity index (χ4v) is 4.78. The van der Waals surface area contributed by atoms with Gasteiger partial charge in [-0.2, -0.15) is 13.2 Å². The molecule has 1 saturated heterocycles. The highest BCUT2D eigenvalue weighted by Gasteiger charge is 2.38. The molecule has 1 aliphatic heterocycles. The van der Waals surface area contributed by atoms with E-state index in [1.165, 1.54) is 7.05 Å². The minimum Gasteiger partial charge on any atom is -0.355 e. The van der Waals surface area contributed by atoms with E-state index in [1.807, 2.05) is 13.0 Å². The molecule has 1 aliphatic rings. The number of carbonyl (C=O) groups is 1. The van der Waals surface area contributed by atoms with Crippen molar-refractivity contribution in [3.05, 3.63) is 57.1 Å². The van der Waals surface area contributed by atoms with Gasteiger partial charge in [-0.3, -0.25) is 4.79 Å². The molecule has 2 aromatic rings. The smallest absolute Gasteiger partial charge is 0.355 e. The van der Waals surface area contributed by atoms with E-state index < -0.39 is 17.6 Å². The van der Waals surface area contributed by atoms with Gasteiger partial charge in [0.2, 0.25) is 0 Å². The molecular weight excluding hydrogens is 433 g/mol. The van der Waals surface area contributed by atoms with Crippen molar-refractivity contribution in [1.82, 2.24) is 10.6 Å².